The molecule has 1 heterocycles. The van der Waals surface area contributed by atoms with E-state index in [-0.39, 0.29) is 17.0 Å². The first kappa shape index (κ1) is 16.3. The van der Waals surface area contributed by atoms with Crippen molar-refractivity contribution in [2.45, 2.75) is 51.0 Å². The van der Waals surface area contributed by atoms with E-state index >= 15 is 0 Å². The quantitative estimate of drug-likeness (QED) is 0.516. The Bertz CT molecular complexity index is 821. The fourth-order valence-corrected chi connectivity index (χ4v) is 8.39. The molecule has 0 bridgehead atoms. The molecule has 0 radical (unpaired) electrons. The molecule has 3 nitrogen and oxygen atoms in total. The Kier molecular flexibility index (Phi) is 3.05. The number of allylic oxidation sites excluding steroid dienone is 3. The number of rotatable bonds is 1. The summed E-state index contributed by atoms with van der Waals surface area (Å²) in [6.45, 7) is 6.58. The van der Waals surface area contributed by atoms with Gasteiger partial charge in [-0.15, -0.1) is 6.58 Å². The van der Waals surface area contributed by atoms with Crippen molar-refractivity contribution in [3.8, 4) is 0 Å². The van der Waals surface area contributed by atoms with Crippen LogP contribution in [0.4, 0.5) is 0 Å². The third-order valence-electron chi connectivity index (χ3n) is 9.37. The minimum absolute atomic E-state index is 0.0432. The van der Waals surface area contributed by atoms with Crippen molar-refractivity contribution < 1.29 is 14.3 Å². The van der Waals surface area contributed by atoms with Crippen LogP contribution in [-0.2, 0) is 14.3 Å². The summed E-state index contributed by atoms with van der Waals surface area (Å²) in [5, 5.41) is 0. The lowest BCUT2D eigenvalue weighted by atomic mass is 9.47. The number of ketones is 1. The average molecular weight is 364 g/mol. The van der Waals surface area contributed by atoms with Gasteiger partial charge in [0.25, 0.3) is 0 Å². The summed E-state index contributed by atoms with van der Waals surface area (Å²) in [7, 11) is 0. The van der Waals surface area contributed by atoms with Crippen LogP contribution in [0, 0.1) is 46.8 Å². The van der Waals surface area contributed by atoms with Gasteiger partial charge in [0.2, 0.25) is 0 Å². The minimum atomic E-state index is -0.359. The molecule has 5 aliphatic carbocycles. The SMILES string of the molecule is C=C[C@@H]1C=C2CC(=O)CC[C@@H]2[C@H]2CC[C@@]3(C)[C@@H]([C@H]4C[C@H]4[C@@]34C=CC(=O)O4)[C@H]12. The molecule has 1 aliphatic heterocycles. The van der Waals surface area contributed by atoms with E-state index in [1.807, 2.05) is 0 Å². The van der Waals surface area contributed by atoms with Gasteiger partial charge >= 0.3 is 5.97 Å². The van der Waals surface area contributed by atoms with Crippen molar-refractivity contribution in [1.82, 2.24) is 0 Å². The second-order valence-electron chi connectivity index (χ2n) is 10.2. The smallest absolute Gasteiger partial charge is 0.331 e. The third kappa shape index (κ3) is 1.84. The first-order valence-electron chi connectivity index (χ1n) is 10.8. The van der Waals surface area contributed by atoms with Crippen molar-refractivity contribution >= 4 is 11.8 Å². The number of carbonyl (C=O) groups excluding carboxylic acids is 2. The zero-order chi connectivity index (χ0) is 18.6. The minimum Gasteiger partial charge on any atom is -0.451 e. The van der Waals surface area contributed by atoms with E-state index in [4.69, 9.17) is 4.74 Å². The molecule has 0 N–H and O–H groups in total. The number of hydrogen-bond donors (Lipinski definition) is 0. The maximum atomic E-state index is 12.0. The summed E-state index contributed by atoms with van der Waals surface area (Å²) in [6.07, 6.45) is 14.3. The third-order valence-corrected chi connectivity index (χ3v) is 9.37. The van der Waals surface area contributed by atoms with Crippen LogP contribution in [0.2, 0.25) is 0 Å². The van der Waals surface area contributed by atoms with Crippen LogP contribution >= 0.6 is 0 Å². The Balaban J connectivity index is 1.44. The molecule has 0 saturated heterocycles. The summed E-state index contributed by atoms with van der Waals surface area (Å²) in [5.74, 6) is 4.24. The van der Waals surface area contributed by atoms with Gasteiger partial charge < -0.3 is 4.74 Å². The molecule has 6 aliphatic rings. The number of Topliss-reactive ketones (excluding diaryl/α,β-unsaturated/α-hetero) is 1. The molecule has 6 rings (SSSR count). The van der Waals surface area contributed by atoms with Crippen molar-refractivity contribution in [3.05, 3.63) is 36.5 Å². The van der Waals surface area contributed by atoms with Crippen molar-refractivity contribution in [3.63, 3.8) is 0 Å². The van der Waals surface area contributed by atoms with Gasteiger partial charge in [-0.1, -0.05) is 24.6 Å². The number of fused-ring (bicyclic) bond motifs is 9. The van der Waals surface area contributed by atoms with E-state index < -0.39 is 0 Å². The summed E-state index contributed by atoms with van der Waals surface area (Å²) in [4.78, 5) is 24.1. The van der Waals surface area contributed by atoms with Crippen molar-refractivity contribution in [1.29, 1.82) is 0 Å². The molecule has 4 saturated carbocycles. The standard InChI is InChI=1S/C24H28O3/c1-3-13-10-14-11-15(25)4-5-16(14)17-6-8-23(2)22(21(13)17)18-12-19(18)24(23)9-7-20(26)27-24/h3,7,9-10,13,16-19,21-22H,1,4-6,8,11-12H2,2H3/t13-,16+,17-,18+,19-,21-,22+,23+,24+/m1/s1. The summed E-state index contributed by atoms with van der Waals surface area (Å²) >= 11 is 0. The summed E-state index contributed by atoms with van der Waals surface area (Å²) < 4.78 is 6.07. The monoisotopic (exact) mass is 364 g/mol. The Labute approximate surface area is 160 Å². The van der Waals surface area contributed by atoms with Crippen LogP contribution in [-0.4, -0.2) is 17.4 Å². The molecule has 0 amide bonds. The first-order valence-corrected chi connectivity index (χ1v) is 10.8. The van der Waals surface area contributed by atoms with Crippen molar-refractivity contribution in [2.75, 3.05) is 0 Å². The molecule has 27 heavy (non-hydrogen) atoms. The number of esters is 1. The highest BCUT2D eigenvalue weighted by atomic mass is 16.6. The Morgan fingerprint density at radius 2 is 2.11 bits per heavy atom. The largest absolute Gasteiger partial charge is 0.451 e. The van der Waals surface area contributed by atoms with Gasteiger partial charge in [-0.3, -0.25) is 4.79 Å². The van der Waals surface area contributed by atoms with E-state index in [1.165, 1.54) is 18.4 Å². The number of hydrogen-bond acceptors (Lipinski definition) is 3. The van der Waals surface area contributed by atoms with Gasteiger partial charge in [0.15, 0.2) is 0 Å². The molecule has 3 heteroatoms. The van der Waals surface area contributed by atoms with E-state index in [2.05, 4.69) is 31.7 Å². The van der Waals surface area contributed by atoms with Crippen molar-refractivity contribution in [2.24, 2.45) is 46.8 Å². The molecule has 142 valence electrons. The van der Waals surface area contributed by atoms with Crippen LogP contribution in [0.3, 0.4) is 0 Å². The summed E-state index contributed by atoms with van der Waals surface area (Å²) in [5.41, 5.74) is 1.08. The molecule has 0 aromatic rings. The zero-order valence-corrected chi connectivity index (χ0v) is 16.0. The Hall–Kier alpha value is -1.64. The van der Waals surface area contributed by atoms with Crippen LogP contribution in [0.15, 0.2) is 36.5 Å². The van der Waals surface area contributed by atoms with E-state index in [1.54, 1.807) is 6.08 Å². The fourth-order valence-electron chi connectivity index (χ4n) is 8.39. The highest BCUT2D eigenvalue weighted by Crippen LogP contribution is 2.77. The lowest BCUT2D eigenvalue weighted by Crippen LogP contribution is -2.56. The first-order chi connectivity index (χ1) is 13.0. The van der Waals surface area contributed by atoms with Crippen LogP contribution in [0.5, 0.6) is 0 Å². The molecule has 0 aromatic carbocycles. The molecular formula is C24H28O3. The van der Waals surface area contributed by atoms with E-state index in [0.717, 1.165) is 19.3 Å². The van der Waals surface area contributed by atoms with Gasteiger partial charge in [-0.05, 0) is 67.3 Å². The van der Waals surface area contributed by atoms with E-state index in [0.29, 0.717) is 53.6 Å². The lowest BCUT2D eigenvalue weighted by molar-refractivity contribution is -0.168. The predicted molar refractivity (Wildman–Crippen MR) is 101 cm³/mol. The molecule has 0 aromatic heterocycles. The maximum Gasteiger partial charge on any atom is 0.331 e. The van der Waals surface area contributed by atoms with Gasteiger partial charge in [0, 0.05) is 30.3 Å². The molecule has 9 atom stereocenters. The Morgan fingerprint density at radius 3 is 2.85 bits per heavy atom. The molecule has 4 fully saturated rings. The van der Waals surface area contributed by atoms with Gasteiger partial charge in [0.1, 0.15) is 11.4 Å². The zero-order valence-electron chi connectivity index (χ0n) is 16.0. The normalized spacial score (nSPS) is 54.6. The highest BCUT2D eigenvalue weighted by Gasteiger charge is 2.78. The highest BCUT2D eigenvalue weighted by molar-refractivity contribution is 5.86. The van der Waals surface area contributed by atoms with Crippen LogP contribution in [0.1, 0.15) is 45.4 Å². The van der Waals surface area contributed by atoms with Crippen LogP contribution in [0.25, 0.3) is 0 Å². The van der Waals surface area contributed by atoms with Gasteiger partial charge in [0.05, 0.1) is 0 Å². The maximum absolute atomic E-state index is 12.0. The summed E-state index contributed by atoms with van der Waals surface area (Å²) in [6, 6.07) is 0. The second-order valence-corrected chi connectivity index (χ2v) is 10.2. The molecular weight excluding hydrogens is 336 g/mol. The number of carbonyl (C=O) groups is 2. The number of ether oxygens (including phenoxy) is 1. The Morgan fingerprint density at radius 1 is 1.26 bits per heavy atom. The fraction of sp³-hybridized carbons (Fsp3) is 0.667. The second kappa shape index (κ2) is 5.04. The van der Waals surface area contributed by atoms with E-state index in [9.17, 15) is 9.59 Å². The molecule has 0 unspecified atom stereocenters. The van der Waals surface area contributed by atoms with Crippen LogP contribution < -0.4 is 0 Å². The molecule has 1 spiro atoms. The predicted octanol–water partition coefficient (Wildman–Crippen LogP) is 4.25. The average Bonchev–Trinajstić information content (AvgIpc) is 3.29. The van der Waals surface area contributed by atoms with Gasteiger partial charge in [-0.25, -0.2) is 4.79 Å². The topological polar surface area (TPSA) is 43.4 Å². The van der Waals surface area contributed by atoms with Gasteiger partial charge in [-0.2, -0.15) is 0 Å². The lowest BCUT2D eigenvalue weighted by Gasteiger charge is -2.57.